The molecule has 4 rings (SSSR count). The summed E-state index contributed by atoms with van der Waals surface area (Å²) in [4.78, 5) is 26.3. The highest BCUT2D eigenvalue weighted by atomic mass is 16.5. The standard InChI is InChI=1S/C19H21N3O3/c1-13-16(14(2)25-20-13)17(23)21-11-6-12-22(21)18(24)19(9-10-19)15-7-4-3-5-8-15/h3-5,7-8H,6,9-12H2,1-2H3. The Bertz CT molecular complexity index is 804. The van der Waals surface area contributed by atoms with Gasteiger partial charge in [-0.15, -0.1) is 0 Å². The van der Waals surface area contributed by atoms with Crippen molar-refractivity contribution in [3.63, 3.8) is 0 Å². The molecule has 0 bridgehead atoms. The molecule has 2 fully saturated rings. The van der Waals surface area contributed by atoms with E-state index in [1.165, 1.54) is 0 Å². The van der Waals surface area contributed by atoms with Crippen LogP contribution in [-0.4, -0.2) is 40.1 Å². The monoisotopic (exact) mass is 339 g/mol. The van der Waals surface area contributed by atoms with Crippen LogP contribution in [-0.2, 0) is 10.2 Å². The second-order valence-corrected chi connectivity index (χ2v) is 6.86. The van der Waals surface area contributed by atoms with E-state index in [0.29, 0.717) is 30.1 Å². The van der Waals surface area contributed by atoms with E-state index in [4.69, 9.17) is 4.52 Å². The quantitative estimate of drug-likeness (QED) is 0.862. The number of benzene rings is 1. The predicted molar refractivity (Wildman–Crippen MR) is 90.7 cm³/mol. The predicted octanol–water partition coefficient (Wildman–Crippen LogP) is 2.61. The smallest absolute Gasteiger partial charge is 0.277 e. The lowest BCUT2D eigenvalue weighted by Gasteiger charge is -2.31. The van der Waals surface area contributed by atoms with Gasteiger partial charge in [0.15, 0.2) is 0 Å². The zero-order chi connectivity index (χ0) is 17.6. The van der Waals surface area contributed by atoms with Gasteiger partial charge in [-0.2, -0.15) is 0 Å². The molecular formula is C19H21N3O3. The van der Waals surface area contributed by atoms with Gasteiger partial charge in [0.2, 0.25) is 0 Å². The Labute approximate surface area is 146 Å². The van der Waals surface area contributed by atoms with Crippen LogP contribution >= 0.6 is 0 Å². The minimum absolute atomic E-state index is 0.0244. The summed E-state index contributed by atoms with van der Waals surface area (Å²) < 4.78 is 5.12. The molecule has 130 valence electrons. The molecule has 6 heteroatoms. The number of hydrogen-bond donors (Lipinski definition) is 0. The van der Waals surface area contributed by atoms with Crippen molar-refractivity contribution in [2.75, 3.05) is 13.1 Å². The molecule has 1 aliphatic heterocycles. The number of amides is 2. The third-order valence-corrected chi connectivity index (χ3v) is 5.23. The molecule has 2 aromatic rings. The van der Waals surface area contributed by atoms with Crippen LogP contribution in [0.25, 0.3) is 0 Å². The Hall–Kier alpha value is -2.63. The summed E-state index contributed by atoms with van der Waals surface area (Å²) in [5, 5.41) is 7.06. The molecule has 6 nitrogen and oxygen atoms in total. The highest BCUT2D eigenvalue weighted by molar-refractivity contribution is 5.99. The first-order valence-corrected chi connectivity index (χ1v) is 8.67. The lowest BCUT2D eigenvalue weighted by atomic mass is 9.95. The summed E-state index contributed by atoms with van der Waals surface area (Å²) in [6.07, 6.45) is 2.45. The molecule has 0 N–H and O–H groups in total. The lowest BCUT2D eigenvalue weighted by Crippen LogP contribution is -2.49. The molecule has 1 saturated heterocycles. The minimum Gasteiger partial charge on any atom is -0.361 e. The van der Waals surface area contributed by atoms with Gasteiger partial charge in [0, 0.05) is 13.1 Å². The van der Waals surface area contributed by atoms with E-state index in [1.54, 1.807) is 23.9 Å². The lowest BCUT2D eigenvalue weighted by molar-refractivity contribution is -0.143. The van der Waals surface area contributed by atoms with Gasteiger partial charge in [-0.1, -0.05) is 35.5 Å². The normalized spacial score (nSPS) is 18.5. The largest absolute Gasteiger partial charge is 0.361 e. The molecule has 1 saturated carbocycles. The maximum atomic E-state index is 13.3. The minimum atomic E-state index is -0.469. The van der Waals surface area contributed by atoms with E-state index in [1.807, 2.05) is 30.3 Å². The summed E-state index contributed by atoms with van der Waals surface area (Å²) in [7, 11) is 0. The van der Waals surface area contributed by atoms with Crippen LogP contribution in [0, 0.1) is 13.8 Å². The second-order valence-electron chi connectivity index (χ2n) is 6.86. The molecule has 1 aromatic carbocycles. The number of carbonyl (C=O) groups excluding carboxylic acids is 2. The molecular weight excluding hydrogens is 318 g/mol. The Kier molecular flexibility index (Phi) is 3.63. The highest BCUT2D eigenvalue weighted by Gasteiger charge is 2.55. The van der Waals surface area contributed by atoms with E-state index < -0.39 is 5.41 Å². The first kappa shape index (κ1) is 15.9. The van der Waals surface area contributed by atoms with E-state index in [9.17, 15) is 9.59 Å². The van der Waals surface area contributed by atoms with Gasteiger partial charge in [-0.3, -0.25) is 14.6 Å². The zero-order valence-electron chi connectivity index (χ0n) is 14.5. The van der Waals surface area contributed by atoms with Gasteiger partial charge in [0.05, 0.1) is 11.1 Å². The summed E-state index contributed by atoms with van der Waals surface area (Å²) in [5.41, 5.74) is 1.59. The first-order chi connectivity index (χ1) is 12.0. The van der Waals surface area contributed by atoms with E-state index in [-0.39, 0.29) is 11.8 Å². The molecule has 1 aromatic heterocycles. The Morgan fingerprint density at radius 1 is 1.08 bits per heavy atom. The fourth-order valence-electron chi connectivity index (χ4n) is 3.71. The fraction of sp³-hybridized carbons (Fsp3) is 0.421. The van der Waals surface area contributed by atoms with Gasteiger partial charge >= 0.3 is 0 Å². The highest BCUT2D eigenvalue weighted by Crippen LogP contribution is 2.50. The number of hydrazine groups is 1. The molecule has 0 radical (unpaired) electrons. The number of carbonyl (C=O) groups is 2. The van der Waals surface area contributed by atoms with Crippen molar-refractivity contribution in [3.8, 4) is 0 Å². The van der Waals surface area contributed by atoms with E-state index in [0.717, 1.165) is 24.8 Å². The number of aromatic nitrogens is 1. The van der Waals surface area contributed by atoms with Crippen molar-refractivity contribution < 1.29 is 14.1 Å². The van der Waals surface area contributed by atoms with Crippen molar-refractivity contribution in [1.82, 2.24) is 15.2 Å². The van der Waals surface area contributed by atoms with Crippen LogP contribution in [0.1, 0.15) is 46.6 Å². The van der Waals surface area contributed by atoms with Crippen molar-refractivity contribution >= 4 is 11.8 Å². The van der Waals surface area contributed by atoms with Gasteiger partial charge < -0.3 is 4.52 Å². The molecule has 25 heavy (non-hydrogen) atoms. The Morgan fingerprint density at radius 2 is 1.76 bits per heavy atom. The number of aryl methyl sites for hydroxylation is 2. The zero-order valence-corrected chi connectivity index (χ0v) is 14.5. The fourth-order valence-corrected chi connectivity index (χ4v) is 3.71. The third-order valence-electron chi connectivity index (χ3n) is 5.23. The summed E-state index contributed by atoms with van der Waals surface area (Å²) >= 11 is 0. The van der Waals surface area contributed by atoms with Crippen LogP contribution in [0.15, 0.2) is 34.9 Å². The Balaban J connectivity index is 1.62. The van der Waals surface area contributed by atoms with Crippen LogP contribution < -0.4 is 0 Å². The molecule has 2 heterocycles. The van der Waals surface area contributed by atoms with Crippen molar-refractivity contribution in [2.24, 2.45) is 0 Å². The van der Waals surface area contributed by atoms with Crippen LogP contribution in [0.2, 0.25) is 0 Å². The molecule has 0 atom stereocenters. The number of nitrogens with zero attached hydrogens (tertiary/aromatic N) is 3. The summed E-state index contributed by atoms with van der Waals surface area (Å²) in [6, 6.07) is 9.87. The van der Waals surface area contributed by atoms with E-state index in [2.05, 4.69) is 5.16 Å². The molecule has 0 unspecified atom stereocenters. The first-order valence-electron chi connectivity index (χ1n) is 8.67. The van der Waals surface area contributed by atoms with Crippen LogP contribution in [0.3, 0.4) is 0 Å². The van der Waals surface area contributed by atoms with Crippen LogP contribution in [0.4, 0.5) is 0 Å². The average molecular weight is 339 g/mol. The van der Waals surface area contributed by atoms with Gasteiger partial charge in [-0.05, 0) is 38.7 Å². The molecule has 2 amide bonds. The molecule has 1 aliphatic carbocycles. The average Bonchev–Trinajstić information content (AvgIpc) is 3.17. The molecule has 2 aliphatic rings. The maximum Gasteiger partial charge on any atom is 0.277 e. The van der Waals surface area contributed by atoms with Gasteiger partial charge in [0.1, 0.15) is 11.3 Å². The van der Waals surface area contributed by atoms with Crippen molar-refractivity contribution in [1.29, 1.82) is 0 Å². The Morgan fingerprint density at radius 3 is 2.36 bits per heavy atom. The number of rotatable bonds is 3. The van der Waals surface area contributed by atoms with Gasteiger partial charge in [-0.25, -0.2) is 5.01 Å². The van der Waals surface area contributed by atoms with Crippen molar-refractivity contribution in [3.05, 3.63) is 52.9 Å². The van der Waals surface area contributed by atoms with Crippen LogP contribution in [0.5, 0.6) is 0 Å². The van der Waals surface area contributed by atoms with Crippen molar-refractivity contribution in [2.45, 2.75) is 38.5 Å². The van der Waals surface area contributed by atoms with E-state index >= 15 is 0 Å². The topological polar surface area (TPSA) is 66.7 Å². The van der Waals surface area contributed by atoms with Gasteiger partial charge in [0.25, 0.3) is 11.8 Å². The second kappa shape index (κ2) is 5.72. The maximum absolute atomic E-state index is 13.3. The summed E-state index contributed by atoms with van der Waals surface area (Å²) in [6.45, 7) is 4.59. The third kappa shape index (κ3) is 2.44. The SMILES string of the molecule is Cc1noc(C)c1C(=O)N1CCCN1C(=O)C1(c2ccccc2)CC1. The number of hydrogen-bond acceptors (Lipinski definition) is 4. The molecule has 0 spiro atoms. The summed E-state index contributed by atoms with van der Waals surface area (Å²) in [5.74, 6) is 0.313.